The molecule has 0 aliphatic carbocycles. The first-order valence-electron chi connectivity index (χ1n) is 10.6. The number of carbonyl (C=O) groups excluding carboxylic acids is 1. The van der Waals surface area contributed by atoms with Crippen LogP contribution in [0.5, 0.6) is 0 Å². The molecule has 0 aliphatic rings. The minimum atomic E-state index is -0.654. The van der Waals surface area contributed by atoms with Crippen molar-refractivity contribution in [3.8, 4) is 0 Å². The summed E-state index contributed by atoms with van der Waals surface area (Å²) in [6, 6.07) is 7.38. The van der Waals surface area contributed by atoms with Gasteiger partial charge in [0.1, 0.15) is 5.82 Å². The number of unbranched alkanes of at least 4 members (excludes halogenated alkanes) is 1. The van der Waals surface area contributed by atoms with Crippen molar-refractivity contribution in [3.05, 3.63) is 56.2 Å². The lowest BCUT2D eigenvalue weighted by atomic mass is 10.1. The maximum atomic E-state index is 13.2. The number of H-pyrrole nitrogens is 1. The van der Waals surface area contributed by atoms with E-state index >= 15 is 0 Å². The molecule has 1 heterocycles. The summed E-state index contributed by atoms with van der Waals surface area (Å²) in [5.41, 5.74) is 6.56. The largest absolute Gasteiger partial charge is 0.383 e. The molecule has 0 atom stereocenters. The third-order valence-electron chi connectivity index (χ3n) is 5.28. The van der Waals surface area contributed by atoms with E-state index in [4.69, 9.17) is 5.73 Å². The summed E-state index contributed by atoms with van der Waals surface area (Å²) in [6.07, 6.45) is 1.61. The summed E-state index contributed by atoms with van der Waals surface area (Å²) in [5.74, 6) is -0.310. The Hall–Kier alpha value is -2.87. The van der Waals surface area contributed by atoms with E-state index in [0.717, 1.165) is 38.0 Å². The fourth-order valence-corrected chi connectivity index (χ4v) is 3.39. The van der Waals surface area contributed by atoms with Crippen molar-refractivity contribution < 1.29 is 4.79 Å². The van der Waals surface area contributed by atoms with Crippen LogP contribution in [0.15, 0.2) is 33.9 Å². The summed E-state index contributed by atoms with van der Waals surface area (Å²) in [5, 5.41) is 0. The lowest BCUT2D eigenvalue weighted by molar-refractivity contribution is 0.0988. The molecule has 0 saturated carbocycles. The highest BCUT2D eigenvalue weighted by Crippen LogP contribution is 2.20. The van der Waals surface area contributed by atoms with E-state index in [1.54, 1.807) is 19.1 Å². The first-order chi connectivity index (χ1) is 14.4. The molecule has 0 spiro atoms. The van der Waals surface area contributed by atoms with Gasteiger partial charge in [-0.15, -0.1) is 0 Å². The van der Waals surface area contributed by atoms with Crippen LogP contribution in [0.4, 0.5) is 11.5 Å². The third-order valence-corrected chi connectivity index (χ3v) is 5.28. The Balaban J connectivity index is 2.37. The molecule has 2 rings (SSSR count). The maximum Gasteiger partial charge on any atom is 0.330 e. The second-order valence-electron chi connectivity index (χ2n) is 7.21. The Bertz CT molecular complexity index is 958. The van der Waals surface area contributed by atoms with Crippen molar-refractivity contribution in [2.24, 2.45) is 0 Å². The van der Waals surface area contributed by atoms with Crippen LogP contribution in [0.25, 0.3) is 0 Å². The van der Waals surface area contributed by atoms with E-state index in [-0.39, 0.29) is 24.0 Å². The molecule has 1 amide bonds. The lowest BCUT2D eigenvalue weighted by Crippen LogP contribution is -2.41. The number of nitrogen functional groups attached to an aromatic ring is 1. The van der Waals surface area contributed by atoms with Gasteiger partial charge in [0.25, 0.3) is 11.5 Å². The number of rotatable bonds is 10. The molecule has 0 bridgehead atoms. The Labute approximate surface area is 177 Å². The smallest absolute Gasteiger partial charge is 0.330 e. The third kappa shape index (κ3) is 5.18. The van der Waals surface area contributed by atoms with Crippen molar-refractivity contribution in [1.82, 2.24) is 14.5 Å². The highest BCUT2D eigenvalue weighted by Gasteiger charge is 2.24. The first kappa shape index (κ1) is 23.4. The number of amides is 1. The number of hydrogen-bond acceptors (Lipinski definition) is 5. The van der Waals surface area contributed by atoms with Crippen LogP contribution < -0.4 is 21.9 Å². The van der Waals surface area contributed by atoms with Crippen molar-refractivity contribution in [2.45, 2.75) is 53.6 Å². The molecule has 0 radical (unpaired) electrons. The van der Waals surface area contributed by atoms with Gasteiger partial charge in [-0.3, -0.25) is 24.0 Å². The van der Waals surface area contributed by atoms with Crippen molar-refractivity contribution in [3.63, 3.8) is 0 Å². The molecule has 0 aliphatic heterocycles. The molecular formula is C22H33N5O3. The summed E-state index contributed by atoms with van der Waals surface area (Å²) in [6.45, 7) is 11.4. The summed E-state index contributed by atoms with van der Waals surface area (Å²) >= 11 is 0. The van der Waals surface area contributed by atoms with Crippen LogP contribution in [-0.4, -0.2) is 40.0 Å². The van der Waals surface area contributed by atoms with E-state index < -0.39 is 11.2 Å². The molecule has 0 saturated heterocycles. The molecule has 1 aromatic carbocycles. The van der Waals surface area contributed by atoms with Gasteiger partial charge < -0.3 is 10.6 Å². The van der Waals surface area contributed by atoms with E-state index in [2.05, 4.69) is 23.7 Å². The van der Waals surface area contributed by atoms with Gasteiger partial charge in [0.2, 0.25) is 0 Å². The molecule has 164 valence electrons. The predicted octanol–water partition coefficient (Wildman–Crippen LogP) is 2.43. The van der Waals surface area contributed by atoms with Crippen LogP contribution in [0, 0.1) is 0 Å². The average Bonchev–Trinajstić information content (AvgIpc) is 2.74. The van der Waals surface area contributed by atoms with Crippen molar-refractivity contribution in [2.75, 3.05) is 30.3 Å². The summed E-state index contributed by atoms with van der Waals surface area (Å²) in [7, 11) is 0. The number of nitrogens with one attached hydrogen (secondary N) is 1. The quantitative estimate of drug-likeness (QED) is 0.620. The predicted molar refractivity (Wildman–Crippen MR) is 121 cm³/mol. The van der Waals surface area contributed by atoms with E-state index in [9.17, 15) is 14.4 Å². The monoisotopic (exact) mass is 415 g/mol. The minimum Gasteiger partial charge on any atom is -0.383 e. The average molecular weight is 416 g/mol. The standard InChI is InChI=1S/C22H33N5O3/c1-5-9-14-27-19(23)18(20(28)24-22(27)30)26(8-4)21(29)17-12-10-16(11-13-17)15-25(6-2)7-3/h10-13H,5-9,14-15,23H2,1-4H3,(H,24,28,30). The number of carbonyl (C=O) groups is 1. The second kappa shape index (κ2) is 10.8. The minimum absolute atomic E-state index is 0.0189. The van der Waals surface area contributed by atoms with Gasteiger partial charge in [-0.25, -0.2) is 4.79 Å². The Kier molecular flexibility index (Phi) is 8.41. The van der Waals surface area contributed by atoms with Crippen LogP contribution >= 0.6 is 0 Å². The molecule has 0 unspecified atom stereocenters. The molecular weight excluding hydrogens is 382 g/mol. The topological polar surface area (TPSA) is 104 Å². The zero-order chi connectivity index (χ0) is 22.3. The van der Waals surface area contributed by atoms with E-state index in [1.165, 1.54) is 9.47 Å². The highest BCUT2D eigenvalue weighted by atomic mass is 16.2. The molecule has 2 aromatic rings. The van der Waals surface area contributed by atoms with Crippen LogP contribution in [0.3, 0.4) is 0 Å². The zero-order valence-electron chi connectivity index (χ0n) is 18.4. The molecule has 8 heteroatoms. The number of nitrogens with zero attached hydrogens (tertiary/aromatic N) is 3. The Morgan fingerprint density at radius 1 is 1.03 bits per heavy atom. The zero-order valence-corrected chi connectivity index (χ0v) is 18.4. The Morgan fingerprint density at radius 2 is 1.67 bits per heavy atom. The number of nitrogens with two attached hydrogens (primary N) is 1. The SMILES string of the molecule is CCCCn1c(N)c(N(CC)C(=O)c2ccc(CN(CC)CC)cc2)c(=O)[nH]c1=O. The lowest BCUT2D eigenvalue weighted by Gasteiger charge is -2.23. The van der Waals surface area contributed by atoms with Crippen LogP contribution in [-0.2, 0) is 13.1 Å². The first-order valence-corrected chi connectivity index (χ1v) is 10.6. The van der Waals surface area contributed by atoms with Gasteiger partial charge in [0.05, 0.1) is 0 Å². The fourth-order valence-electron chi connectivity index (χ4n) is 3.39. The van der Waals surface area contributed by atoms with Gasteiger partial charge >= 0.3 is 5.69 Å². The van der Waals surface area contributed by atoms with Crippen molar-refractivity contribution >= 4 is 17.4 Å². The van der Waals surface area contributed by atoms with Gasteiger partial charge in [-0.2, -0.15) is 0 Å². The van der Waals surface area contributed by atoms with Gasteiger partial charge in [0.15, 0.2) is 5.69 Å². The number of aromatic nitrogens is 2. The molecule has 1 aromatic heterocycles. The second-order valence-corrected chi connectivity index (χ2v) is 7.21. The number of hydrogen-bond donors (Lipinski definition) is 2. The number of benzene rings is 1. The Morgan fingerprint density at radius 3 is 2.20 bits per heavy atom. The molecule has 30 heavy (non-hydrogen) atoms. The molecule has 8 nitrogen and oxygen atoms in total. The number of aromatic amines is 1. The molecule has 0 fully saturated rings. The van der Waals surface area contributed by atoms with E-state index in [0.29, 0.717) is 12.1 Å². The van der Waals surface area contributed by atoms with Crippen LogP contribution in [0.2, 0.25) is 0 Å². The fraction of sp³-hybridized carbons (Fsp3) is 0.500. The maximum absolute atomic E-state index is 13.2. The molecule has 3 N–H and O–H groups in total. The van der Waals surface area contributed by atoms with E-state index in [1.807, 2.05) is 19.1 Å². The normalized spacial score (nSPS) is 11.1. The summed E-state index contributed by atoms with van der Waals surface area (Å²) in [4.78, 5) is 43.7. The van der Waals surface area contributed by atoms with Gasteiger partial charge in [0, 0.05) is 25.2 Å². The van der Waals surface area contributed by atoms with Crippen molar-refractivity contribution in [1.29, 1.82) is 0 Å². The highest BCUT2D eigenvalue weighted by molar-refractivity contribution is 6.07. The van der Waals surface area contributed by atoms with Gasteiger partial charge in [-0.1, -0.05) is 39.3 Å². The van der Waals surface area contributed by atoms with Crippen LogP contribution in [0.1, 0.15) is 56.5 Å². The number of anilines is 2. The van der Waals surface area contributed by atoms with Gasteiger partial charge in [-0.05, 0) is 44.1 Å². The summed E-state index contributed by atoms with van der Waals surface area (Å²) < 4.78 is 1.32.